The Hall–Kier alpha value is -1.91. The van der Waals surface area contributed by atoms with Crippen molar-refractivity contribution in [3.63, 3.8) is 0 Å². The minimum Gasteiger partial charge on any atom is -0.478 e. The first kappa shape index (κ1) is 11.6. The molecular weight excluding hydrogens is 218 g/mol. The molecule has 0 saturated carbocycles. The third-order valence-electron chi connectivity index (χ3n) is 3.07. The highest BCUT2D eigenvalue weighted by Gasteiger charge is 2.18. The van der Waals surface area contributed by atoms with Crippen molar-refractivity contribution in [2.24, 2.45) is 5.92 Å². The molecule has 0 radical (unpaired) electrons. The summed E-state index contributed by atoms with van der Waals surface area (Å²) in [5.41, 5.74) is 1.18. The second-order valence-corrected chi connectivity index (χ2v) is 4.52. The normalized spacial score (nSPS) is 13.2. The second-order valence-electron chi connectivity index (χ2n) is 4.52. The SMILES string of the molecule is CC(C)C(C)c1nc2nccc(C(=O)O)c2[nH]1. The van der Waals surface area contributed by atoms with Gasteiger partial charge >= 0.3 is 5.97 Å². The molecule has 0 bridgehead atoms. The number of imidazole rings is 1. The number of hydrogen-bond acceptors (Lipinski definition) is 3. The number of aromatic carboxylic acids is 1. The van der Waals surface area contributed by atoms with E-state index >= 15 is 0 Å². The lowest BCUT2D eigenvalue weighted by Crippen LogP contribution is -2.03. The summed E-state index contributed by atoms with van der Waals surface area (Å²) in [4.78, 5) is 22.6. The number of fused-ring (bicyclic) bond motifs is 1. The highest BCUT2D eigenvalue weighted by Crippen LogP contribution is 2.24. The van der Waals surface area contributed by atoms with Gasteiger partial charge in [0.15, 0.2) is 5.65 Å². The molecule has 5 heteroatoms. The number of carboxylic acids is 1. The van der Waals surface area contributed by atoms with Crippen molar-refractivity contribution >= 4 is 17.1 Å². The molecule has 2 rings (SSSR count). The smallest absolute Gasteiger partial charge is 0.338 e. The molecule has 2 heterocycles. The van der Waals surface area contributed by atoms with Gasteiger partial charge < -0.3 is 10.1 Å². The number of carboxylic acid groups (broad SMARTS) is 1. The second kappa shape index (κ2) is 4.16. The van der Waals surface area contributed by atoms with Gasteiger partial charge in [0, 0.05) is 12.1 Å². The Bertz CT molecular complexity index is 560. The first-order valence-electron chi connectivity index (χ1n) is 5.58. The molecule has 17 heavy (non-hydrogen) atoms. The Kier molecular flexibility index (Phi) is 2.83. The lowest BCUT2D eigenvalue weighted by molar-refractivity contribution is 0.0698. The first-order valence-corrected chi connectivity index (χ1v) is 5.58. The third-order valence-corrected chi connectivity index (χ3v) is 3.07. The number of aromatic amines is 1. The Morgan fingerprint density at radius 2 is 2.12 bits per heavy atom. The van der Waals surface area contributed by atoms with Crippen molar-refractivity contribution < 1.29 is 9.90 Å². The monoisotopic (exact) mass is 233 g/mol. The lowest BCUT2D eigenvalue weighted by Gasteiger charge is -2.11. The topological polar surface area (TPSA) is 78.9 Å². The predicted octanol–water partition coefficient (Wildman–Crippen LogP) is 2.42. The van der Waals surface area contributed by atoms with Crippen LogP contribution in [0.2, 0.25) is 0 Å². The van der Waals surface area contributed by atoms with E-state index in [0.29, 0.717) is 17.1 Å². The van der Waals surface area contributed by atoms with Crippen LogP contribution in [0.15, 0.2) is 12.3 Å². The molecule has 5 nitrogen and oxygen atoms in total. The van der Waals surface area contributed by atoms with Gasteiger partial charge in [-0.2, -0.15) is 0 Å². The van der Waals surface area contributed by atoms with Gasteiger partial charge in [0.05, 0.1) is 11.1 Å². The summed E-state index contributed by atoms with van der Waals surface area (Å²) in [6, 6.07) is 1.48. The van der Waals surface area contributed by atoms with Crippen molar-refractivity contribution in [2.75, 3.05) is 0 Å². The van der Waals surface area contributed by atoms with Crippen LogP contribution in [0.4, 0.5) is 0 Å². The van der Waals surface area contributed by atoms with Crippen molar-refractivity contribution in [1.82, 2.24) is 15.0 Å². The Labute approximate surface area is 98.9 Å². The van der Waals surface area contributed by atoms with Gasteiger partial charge in [-0.25, -0.2) is 14.8 Å². The Morgan fingerprint density at radius 1 is 1.41 bits per heavy atom. The number of nitrogens with zero attached hydrogens (tertiary/aromatic N) is 2. The predicted molar refractivity (Wildman–Crippen MR) is 64.1 cm³/mol. The maximum absolute atomic E-state index is 11.1. The minimum atomic E-state index is -0.968. The zero-order valence-corrected chi connectivity index (χ0v) is 10.1. The van der Waals surface area contributed by atoms with Crippen LogP contribution in [0.1, 0.15) is 42.9 Å². The summed E-state index contributed by atoms with van der Waals surface area (Å²) < 4.78 is 0. The molecule has 0 aromatic carbocycles. The number of H-pyrrole nitrogens is 1. The summed E-state index contributed by atoms with van der Waals surface area (Å²) in [6.45, 7) is 6.26. The maximum Gasteiger partial charge on any atom is 0.338 e. The average Bonchev–Trinajstić information content (AvgIpc) is 2.70. The number of nitrogens with one attached hydrogen (secondary N) is 1. The van der Waals surface area contributed by atoms with E-state index in [-0.39, 0.29) is 11.5 Å². The first-order chi connectivity index (χ1) is 8.00. The fourth-order valence-electron chi connectivity index (χ4n) is 1.64. The van der Waals surface area contributed by atoms with Crippen LogP contribution in [0.5, 0.6) is 0 Å². The maximum atomic E-state index is 11.1. The molecule has 0 saturated heterocycles. The molecule has 0 aliphatic carbocycles. The standard InChI is InChI=1S/C12H15N3O2/c1-6(2)7(3)10-14-9-8(12(16)17)4-5-13-11(9)15-10/h4-7H,1-3H3,(H,16,17)(H,13,14,15). The molecule has 0 spiro atoms. The summed E-state index contributed by atoms with van der Waals surface area (Å²) in [7, 11) is 0. The third kappa shape index (κ3) is 2.00. The molecule has 1 atom stereocenters. The fourth-order valence-corrected chi connectivity index (χ4v) is 1.64. The zero-order chi connectivity index (χ0) is 12.6. The fraction of sp³-hybridized carbons (Fsp3) is 0.417. The number of rotatable bonds is 3. The molecule has 2 aromatic heterocycles. The van der Waals surface area contributed by atoms with Crippen LogP contribution in [-0.4, -0.2) is 26.0 Å². The van der Waals surface area contributed by atoms with Crippen LogP contribution in [0.3, 0.4) is 0 Å². The van der Waals surface area contributed by atoms with Gasteiger partial charge in [0.2, 0.25) is 0 Å². The molecule has 0 fully saturated rings. The van der Waals surface area contributed by atoms with Crippen molar-refractivity contribution in [2.45, 2.75) is 26.7 Å². The average molecular weight is 233 g/mol. The van der Waals surface area contributed by atoms with Crippen LogP contribution < -0.4 is 0 Å². The van der Waals surface area contributed by atoms with E-state index in [9.17, 15) is 4.79 Å². The van der Waals surface area contributed by atoms with Crippen LogP contribution >= 0.6 is 0 Å². The van der Waals surface area contributed by atoms with Gasteiger partial charge in [-0.3, -0.25) is 0 Å². The van der Waals surface area contributed by atoms with Crippen molar-refractivity contribution in [3.8, 4) is 0 Å². The van der Waals surface area contributed by atoms with Crippen molar-refractivity contribution in [3.05, 3.63) is 23.7 Å². The highest BCUT2D eigenvalue weighted by molar-refractivity contribution is 5.99. The summed E-state index contributed by atoms with van der Waals surface area (Å²) in [5.74, 6) is 0.496. The highest BCUT2D eigenvalue weighted by atomic mass is 16.4. The van der Waals surface area contributed by atoms with E-state index in [1.165, 1.54) is 12.3 Å². The van der Waals surface area contributed by atoms with Gasteiger partial charge in [0.25, 0.3) is 0 Å². The van der Waals surface area contributed by atoms with E-state index in [2.05, 4.69) is 35.7 Å². The van der Waals surface area contributed by atoms with Gasteiger partial charge in [0.1, 0.15) is 5.82 Å². The number of pyridine rings is 1. The van der Waals surface area contributed by atoms with Gasteiger partial charge in [-0.15, -0.1) is 0 Å². The quantitative estimate of drug-likeness (QED) is 0.853. The summed E-state index contributed by atoms with van der Waals surface area (Å²) >= 11 is 0. The zero-order valence-electron chi connectivity index (χ0n) is 10.1. The Morgan fingerprint density at radius 3 is 2.71 bits per heavy atom. The molecule has 90 valence electrons. The lowest BCUT2D eigenvalue weighted by atomic mass is 9.98. The number of aromatic nitrogens is 3. The molecule has 1 unspecified atom stereocenters. The van der Waals surface area contributed by atoms with E-state index in [4.69, 9.17) is 5.11 Å². The molecule has 2 N–H and O–H groups in total. The minimum absolute atomic E-state index is 0.213. The van der Waals surface area contributed by atoms with Crippen LogP contribution in [0, 0.1) is 5.92 Å². The van der Waals surface area contributed by atoms with E-state index < -0.39 is 5.97 Å². The van der Waals surface area contributed by atoms with E-state index in [0.717, 1.165) is 5.82 Å². The van der Waals surface area contributed by atoms with E-state index in [1.807, 2.05) is 0 Å². The molecule has 0 aliphatic heterocycles. The number of carbonyl (C=O) groups is 1. The summed E-state index contributed by atoms with van der Waals surface area (Å²) in [6.07, 6.45) is 1.47. The molecule has 2 aromatic rings. The molecule has 0 amide bonds. The van der Waals surface area contributed by atoms with Crippen LogP contribution in [0.25, 0.3) is 11.2 Å². The van der Waals surface area contributed by atoms with Gasteiger partial charge in [-0.1, -0.05) is 20.8 Å². The van der Waals surface area contributed by atoms with Crippen LogP contribution in [-0.2, 0) is 0 Å². The molecule has 0 aliphatic rings. The van der Waals surface area contributed by atoms with Gasteiger partial charge in [-0.05, 0) is 12.0 Å². The Balaban J connectivity index is 2.57. The largest absolute Gasteiger partial charge is 0.478 e. The summed E-state index contributed by atoms with van der Waals surface area (Å²) in [5, 5.41) is 9.06. The van der Waals surface area contributed by atoms with Crippen molar-refractivity contribution in [1.29, 1.82) is 0 Å². The van der Waals surface area contributed by atoms with E-state index in [1.54, 1.807) is 0 Å². The number of hydrogen-bond donors (Lipinski definition) is 2. The molecular formula is C12H15N3O2.